The lowest BCUT2D eigenvalue weighted by atomic mass is 9.66. The minimum atomic E-state index is -0.141. The number of rotatable bonds is 0. The molecule has 1 heterocycles. The molecule has 1 unspecified atom stereocenters. The summed E-state index contributed by atoms with van der Waals surface area (Å²) in [5.74, 6) is 1.44. The molecule has 0 aromatic heterocycles. The summed E-state index contributed by atoms with van der Waals surface area (Å²) in [4.78, 5) is 12.4. The Labute approximate surface area is 115 Å². The summed E-state index contributed by atoms with van der Waals surface area (Å²) >= 11 is 0. The largest absolute Gasteiger partial charge is 0.363 e. The molecule has 2 nitrogen and oxygen atoms in total. The van der Waals surface area contributed by atoms with Gasteiger partial charge in [0.1, 0.15) is 6.10 Å². The Morgan fingerprint density at radius 1 is 1.32 bits per heavy atom. The summed E-state index contributed by atoms with van der Waals surface area (Å²) < 4.78 is 6.27. The van der Waals surface area contributed by atoms with Crippen LogP contribution in [-0.4, -0.2) is 17.5 Å². The maximum absolute atomic E-state index is 12.4. The van der Waals surface area contributed by atoms with Gasteiger partial charge in [0, 0.05) is 17.9 Å². The van der Waals surface area contributed by atoms with Gasteiger partial charge in [0.2, 0.25) is 0 Å². The number of Topliss-reactive ketones (excluding diaryl/α,β-unsaturated/α-hetero) is 1. The number of ether oxygens (including phenoxy) is 1. The van der Waals surface area contributed by atoms with Crippen molar-refractivity contribution in [1.29, 1.82) is 0 Å². The average Bonchev–Trinajstić information content (AvgIpc) is 2.25. The highest BCUT2D eigenvalue weighted by Crippen LogP contribution is 2.48. The quantitative estimate of drug-likeness (QED) is 0.619. The third-order valence-electron chi connectivity index (χ3n) is 5.01. The van der Waals surface area contributed by atoms with Crippen molar-refractivity contribution in [1.82, 2.24) is 0 Å². The van der Waals surface area contributed by atoms with E-state index in [0.29, 0.717) is 24.0 Å². The van der Waals surface area contributed by atoms with Crippen LogP contribution in [0.1, 0.15) is 53.4 Å². The second-order valence-corrected chi connectivity index (χ2v) is 7.13. The van der Waals surface area contributed by atoms with E-state index in [1.807, 2.05) is 6.92 Å². The van der Waals surface area contributed by atoms with Crippen molar-refractivity contribution in [2.75, 3.05) is 0 Å². The van der Waals surface area contributed by atoms with E-state index < -0.39 is 0 Å². The van der Waals surface area contributed by atoms with Crippen molar-refractivity contribution in [3.63, 3.8) is 0 Å². The van der Waals surface area contributed by atoms with E-state index in [1.165, 1.54) is 12.0 Å². The molecule has 0 spiro atoms. The third-order valence-corrected chi connectivity index (χ3v) is 5.01. The monoisotopic (exact) mass is 260 g/mol. The Balaban J connectivity index is 2.11. The van der Waals surface area contributed by atoms with Crippen molar-refractivity contribution in [3.8, 4) is 0 Å². The predicted octanol–water partition coefficient (Wildman–Crippen LogP) is 3.82. The van der Waals surface area contributed by atoms with Crippen molar-refractivity contribution in [2.45, 2.75) is 65.1 Å². The highest BCUT2D eigenvalue weighted by Gasteiger charge is 2.46. The molecule has 1 aliphatic heterocycles. The lowest BCUT2D eigenvalue weighted by Gasteiger charge is -2.48. The minimum Gasteiger partial charge on any atom is -0.363 e. The van der Waals surface area contributed by atoms with Crippen molar-refractivity contribution in [2.24, 2.45) is 11.8 Å². The maximum Gasteiger partial charge on any atom is 0.165 e. The van der Waals surface area contributed by atoms with E-state index in [2.05, 4.69) is 26.8 Å². The van der Waals surface area contributed by atoms with Crippen LogP contribution in [0.3, 0.4) is 0 Å². The predicted molar refractivity (Wildman–Crippen MR) is 75.9 cm³/mol. The highest BCUT2D eigenvalue weighted by atomic mass is 16.5. The van der Waals surface area contributed by atoms with Crippen LogP contribution in [0, 0.1) is 11.8 Å². The van der Waals surface area contributed by atoms with E-state index >= 15 is 0 Å². The average molecular weight is 260 g/mol. The van der Waals surface area contributed by atoms with Gasteiger partial charge in [-0.2, -0.15) is 0 Å². The van der Waals surface area contributed by atoms with Gasteiger partial charge in [-0.1, -0.05) is 24.1 Å². The summed E-state index contributed by atoms with van der Waals surface area (Å²) in [6, 6.07) is 0. The molecule has 3 atom stereocenters. The first kappa shape index (κ1) is 13.1. The van der Waals surface area contributed by atoms with Gasteiger partial charge in [0.25, 0.3) is 0 Å². The fourth-order valence-corrected chi connectivity index (χ4v) is 4.08. The molecular weight excluding hydrogens is 236 g/mol. The molecule has 3 rings (SSSR count). The maximum atomic E-state index is 12.4. The summed E-state index contributed by atoms with van der Waals surface area (Å²) in [7, 11) is 0. The molecular formula is C17H24O2. The van der Waals surface area contributed by atoms with Gasteiger partial charge in [-0.25, -0.2) is 0 Å². The van der Waals surface area contributed by atoms with E-state index in [1.54, 1.807) is 0 Å². The molecule has 0 N–H and O–H groups in total. The first-order valence-electron chi connectivity index (χ1n) is 7.49. The molecule has 2 heteroatoms. The molecule has 0 aromatic carbocycles. The highest BCUT2D eigenvalue weighted by molar-refractivity contribution is 6.00. The first-order valence-corrected chi connectivity index (χ1v) is 7.49. The molecule has 0 radical (unpaired) electrons. The second-order valence-electron chi connectivity index (χ2n) is 7.13. The van der Waals surface area contributed by atoms with Crippen molar-refractivity contribution >= 4 is 5.78 Å². The van der Waals surface area contributed by atoms with Crippen molar-refractivity contribution in [3.05, 3.63) is 22.8 Å². The summed E-state index contributed by atoms with van der Waals surface area (Å²) in [5.41, 5.74) is 3.42. The molecule has 0 aromatic rings. The molecule has 0 bridgehead atoms. The van der Waals surface area contributed by atoms with Crippen LogP contribution in [0.2, 0.25) is 0 Å². The number of carbonyl (C=O) groups excluding carboxylic acids is 1. The molecule has 0 saturated heterocycles. The molecule has 19 heavy (non-hydrogen) atoms. The smallest absolute Gasteiger partial charge is 0.165 e. The van der Waals surface area contributed by atoms with Crippen molar-refractivity contribution < 1.29 is 9.53 Å². The Bertz CT molecular complexity index is 481. The summed E-state index contributed by atoms with van der Waals surface area (Å²) in [5, 5.41) is 0. The number of hydrogen-bond donors (Lipinski definition) is 0. The van der Waals surface area contributed by atoms with Crippen LogP contribution >= 0.6 is 0 Å². The fraction of sp³-hybridized carbons (Fsp3) is 0.706. The van der Waals surface area contributed by atoms with Crippen LogP contribution in [0.5, 0.6) is 0 Å². The molecule has 104 valence electrons. The zero-order chi connectivity index (χ0) is 13.8. The fourth-order valence-electron chi connectivity index (χ4n) is 4.08. The Hall–Kier alpha value is -0.890. The number of carbonyl (C=O) groups is 1. The first-order chi connectivity index (χ1) is 8.88. The summed E-state index contributed by atoms with van der Waals surface area (Å²) in [6.45, 7) is 8.71. The Kier molecular flexibility index (Phi) is 2.97. The van der Waals surface area contributed by atoms with E-state index in [-0.39, 0.29) is 11.7 Å². The van der Waals surface area contributed by atoms with Gasteiger partial charge in [0.15, 0.2) is 5.78 Å². The topological polar surface area (TPSA) is 26.3 Å². The van der Waals surface area contributed by atoms with Gasteiger partial charge in [0.05, 0.1) is 5.60 Å². The zero-order valence-electron chi connectivity index (χ0n) is 12.5. The van der Waals surface area contributed by atoms with Gasteiger partial charge in [-0.15, -0.1) is 0 Å². The number of fused-ring (bicyclic) bond motifs is 2. The van der Waals surface area contributed by atoms with Gasteiger partial charge >= 0.3 is 0 Å². The van der Waals surface area contributed by atoms with Gasteiger partial charge in [-0.3, -0.25) is 4.79 Å². The van der Waals surface area contributed by atoms with Crippen LogP contribution in [0.4, 0.5) is 0 Å². The number of allylic oxidation sites excluding steroid dienone is 1. The van der Waals surface area contributed by atoms with E-state index in [0.717, 1.165) is 24.0 Å². The minimum absolute atomic E-state index is 0.0900. The molecule has 2 aliphatic carbocycles. The second kappa shape index (κ2) is 4.31. The lowest BCUT2D eigenvalue weighted by molar-refractivity contribution is -0.123. The standard InChI is InChI=1S/C17H24O2/c1-10-5-6-13-12(7-10)16-14(18)8-11(2)9-15(16)19-17(13,3)4/h9-10,13,15H,5-8H2,1-4H3/t10?,13-,15-/m0/s1. The molecule has 1 saturated carbocycles. The Morgan fingerprint density at radius 2 is 2.05 bits per heavy atom. The van der Waals surface area contributed by atoms with Crippen LogP contribution in [-0.2, 0) is 9.53 Å². The van der Waals surface area contributed by atoms with Crippen LogP contribution in [0.25, 0.3) is 0 Å². The zero-order valence-corrected chi connectivity index (χ0v) is 12.5. The van der Waals surface area contributed by atoms with E-state index in [9.17, 15) is 4.79 Å². The van der Waals surface area contributed by atoms with Gasteiger partial charge < -0.3 is 4.74 Å². The summed E-state index contributed by atoms with van der Waals surface area (Å²) in [6.07, 6.45) is 6.15. The van der Waals surface area contributed by atoms with Crippen LogP contribution in [0.15, 0.2) is 22.8 Å². The number of ketones is 1. The normalized spacial score (nSPS) is 37.6. The number of hydrogen-bond acceptors (Lipinski definition) is 2. The molecule has 0 amide bonds. The SMILES string of the molecule is CC1=C[C@@H]2OC(C)(C)[C@H]3CCC(C)CC3=C2C(=O)C1. The Morgan fingerprint density at radius 3 is 2.79 bits per heavy atom. The molecule has 1 fully saturated rings. The van der Waals surface area contributed by atoms with Crippen LogP contribution < -0.4 is 0 Å². The third kappa shape index (κ3) is 2.10. The molecule has 3 aliphatic rings. The lowest BCUT2D eigenvalue weighted by Crippen LogP contribution is -2.48. The van der Waals surface area contributed by atoms with Gasteiger partial charge in [-0.05, 0) is 46.0 Å². The van der Waals surface area contributed by atoms with E-state index in [4.69, 9.17) is 4.74 Å².